The van der Waals surface area contributed by atoms with Crippen LogP contribution in [0.15, 0.2) is 77.7 Å². The third-order valence-corrected chi connectivity index (χ3v) is 7.64. The van der Waals surface area contributed by atoms with Gasteiger partial charge in [-0.15, -0.1) is 0 Å². The van der Waals surface area contributed by atoms with Crippen molar-refractivity contribution in [2.24, 2.45) is 16.0 Å². The Morgan fingerprint density at radius 3 is 2.68 bits per heavy atom. The number of carbonyl (C=O) groups excluding carboxylic acids is 3. The van der Waals surface area contributed by atoms with Crippen LogP contribution in [0.3, 0.4) is 0 Å². The van der Waals surface area contributed by atoms with Crippen LogP contribution in [-0.4, -0.2) is 45.3 Å². The zero-order valence-electron chi connectivity index (χ0n) is 22.6. The first kappa shape index (κ1) is 29.7. The minimum atomic E-state index is -4.43. The average Bonchev–Trinajstić information content (AvgIpc) is 3.22. The fourth-order valence-electron chi connectivity index (χ4n) is 4.81. The van der Waals surface area contributed by atoms with Gasteiger partial charge in [0.1, 0.15) is 30.5 Å². The Hall–Kier alpha value is -4.29. The first-order valence-corrected chi connectivity index (χ1v) is 14.6. The highest BCUT2D eigenvalue weighted by Gasteiger charge is 2.37. The molecule has 1 aliphatic carbocycles. The Morgan fingerprint density at radius 1 is 1.17 bits per heavy atom. The Labute approximate surface area is 238 Å². The van der Waals surface area contributed by atoms with Gasteiger partial charge >= 0.3 is 5.97 Å². The van der Waals surface area contributed by atoms with Crippen LogP contribution in [-0.2, 0) is 35.9 Å². The minimum absolute atomic E-state index is 0.0168. The number of nitrogens with zero attached hydrogens (tertiary/aromatic N) is 2. The van der Waals surface area contributed by atoms with Crippen molar-refractivity contribution >= 4 is 39.6 Å². The maximum atomic E-state index is 13.1. The predicted octanol–water partition coefficient (Wildman–Crippen LogP) is 2.89. The van der Waals surface area contributed by atoms with Crippen molar-refractivity contribution in [1.82, 2.24) is 5.32 Å². The van der Waals surface area contributed by atoms with Crippen molar-refractivity contribution in [3.05, 3.63) is 83.8 Å². The van der Waals surface area contributed by atoms with E-state index < -0.39 is 34.6 Å². The zero-order chi connectivity index (χ0) is 29.4. The summed E-state index contributed by atoms with van der Waals surface area (Å²) in [6.07, 6.45) is 7.01. The third kappa shape index (κ3) is 7.68. The maximum absolute atomic E-state index is 13.1. The van der Waals surface area contributed by atoms with Gasteiger partial charge in [-0.1, -0.05) is 36.4 Å². The second kappa shape index (κ2) is 13.4. The molecule has 0 amide bonds. The number of ether oxygens (including phenoxy) is 2. The molecule has 0 bridgehead atoms. The number of esters is 1. The topological polar surface area (TPSA) is 157 Å². The molecule has 1 saturated carbocycles. The van der Waals surface area contributed by atoms with E-state index in [0.29, 0.717) is 15.6 Å². The highest BCUT2D eigenvalue weighted by Crippen LogP contribution is 2.42. The van der Waals surface area contributed by atoms with Crippen LogP contribution in [0.5, 0.6) is 5.75 Å². The minimum Gasteiger partial charge on any atom is -0.487 e. The summed E-state index contributed by atoms with van der Waals surface area (Å²) in [4.78, 5) is 42.4. The van der Waals surface area contributed by atoms with Gasteiger partial charge in [0.05, 0.1) is 18.0 Å². The van der Waals surface area contributed by atoms with E-state index in [1.165, 1.54) is 6.07 Å². The number of carbonyl (C=O) groups is 3. The largest absolute Gasteiger partial charge is 0.487 e. The normalized spacial score (nSPS) is 17.7. The quantitative estimate of drug-likeness (QED) is 0.384. The van der Waals surface area contributed by atoms with Crippen molar-refractivity contribution in [1.29, 1.82) is 0 Å². The van der Waals surface area contributed by atoms with Gasteiger partial charge in [0.25, 0.3) is 10.2 Å². The Balaban J connectivity index is 1.83. The summed E-state index contributed by atoms with van der Waals surface area (Å²) in [6.45, 7) is 1.07. The lowest BCUT2D eigenvalue weighted by Gasteiger charge is -2.30. The van der Waals surface area contributed by atoms with E-state index in [-0.39, 0.29) is 55.5 Å². The van der Waals surface area contributed by atoms with Gasteiger partial charge in [-0.25, -0.2) is 9.44 Å². The average molecular weight is 581 g/mol. The molecular weight excluding hydrogens is 548 g/mol. The number of anilines is 1. The van der Waals surface area contributed by atoms with E-state index >= 15 is 0 Å². The Morgan fingerprint density at radius 2 is 1.95 bits per heavy atom. The first-order valence-electron chi connectivity index (χ1n) is 13.1. The molecule has 2 aliphatic rings. The number of hydrogen-bond donors (Lipinski definition) is 2. The molecule has 11 nitrogen and oxygen atoms in total. The van der Waals surface area contributed by atoms with Crippen molar-refractivity contribution in [3.8, 4) is 5.75 Å². The van der Waals surface area contributed by atoms with Gasteiger partial charge in [-0.3, -0.25) is 19.4 Å². The molecule has 1 aliphatic heterocycles. The predicted molar refractivity (Wildman–Crippen MR) is 153 cm³/mol. The molecule has 1 fully saturated rings. The Bertz CT molecular complexity index is 1490. The van der Waals surface area contributed by atoms with Crippen molar-refractivity contribution < 1.29 is 32.3 Å². The fraction of sp³-hybridized carbons (Fsp3) is 0.310. The molecule has 41 heavy (non-hydrogen) atoms. The van der Waals surface area contributed by atoms with Gasteiger partial charge in [-0.2, -0.15) is 8.42 Å². The number of aliphatic imine (C=N–C) groups is 1. The number of benzene rings is 2. The lowest BCUT2D eigenvalue weighted by atomic mass is 9.74. The van der Waals surface area contributed by atoms with Gasteiger partial charge < -0.3 is 14.8 Å². The molecule has 1 heterocycles. The number of rotatable bonds is 11. The highest BCUT2D eigenvalue weighted by molar-refractivity contribution is 7.90. The van der Waals surface area contributed by atoms with Crippen LogP contribution in [0, 0.1) is 5.92 Å². The van der Waals surface area contributed by atoms with E-state index in [9.17, 15) is 22.8 Å². The summed E-state index contributed by atoms with van der Waals surface area (Å²) < 4.78 is 37.1. The number of nitrogens with two attached hydrogens (primary N) is 1. The molecule has 12 heteroatoms. The van der Waals surface area contributed by atoms with Crippen LogP contribution in [0.2, 0.25) is 0 Å². The molecule has 0 radical (unpaired) electrons. The molecule has 3 N–H and O–H groups in total. The van der Waals surface area contributed by atoms with Crippen molar-refractivity contribution in [2.75, 3.05) is 17.5 Å². The summed E-state index contributed by atoms with van der Waals surface area (Å²) in [7, 11) is -4.43. The van der Waals surface area contributed by atoms with Crippen molar-refractivity contribution in [3.63, 3.8) is 0 Å². The van der Waals surface area contributed by atoms with E-state index in [4.69, 9.17) is 14.6 Å². The molecule has 2 aromatic carbocycles. The lowest BCUT2D eigenvalue weighted by Crippen LogP contribution is -2.41. The summed E-state index contributed by atoms with van der Waals surface area (Å²) >= 11 is 0. The smallest absolute Gasteiger partial charge is 0.326 e. The third-order valence-electron chi connectivity index (χ3n) is 6.70. The highest BCUT2D eigenvalue weighted by atomic mass is 32.2. The first-order chi connectivity index (χ1) is 19.7. The van der Waals surface area contributed by atoms with Crippen LogP contribution < -0.4 is 19.5 Å². The zero-order valence-corrected chi connectivity index (χ0v) is 23.4. The molecule has 2 unspecified atom stereocenters. The Kier molecular flexibility index (Phi) is 9.69. The number of Topliss-reactive ketones (excluding diaryl/α,β-unsaturated/α-hetero) is 2. The van der Waals surface area contributed by atoms with Crippen LogP contribution >= 0.6 is 0 Å². The van der Waals surface area contributed by atoms with Gasteiger partial charge in [0.15, 0.2) is 0 Å². The summed E-state index contributed by atoms with van der Waals surface area (Å²) in [5.74, 6) is -2.09. The lowest BCUT2D eigenvalue weighted by molar-refractivity contribution is -0.141. The molecule has 0 aromatic heterocycles. The van der Waals surface area contributed by atoms with E-state index in [2.05, 4.69) is 10.3 Å². The molecule has 2 aromatic rings. The summed E-state index contributed by atoms with van der Waals surface area (Å²) in [6, 6.07) is 13.9. The van der Waals surface area contributed by atoms with Crippen molar-refractivity contribution in [2.45, 2.75) is 38.7 Å². The van der Waals surface area contributed by atoms with Gasteiger partial charge in [-0.05, 0) is 36.3 Å². The van der Waals surface area contributed by atoms with Gasteiger partial charge in [0.2, 0.25) is 0 Å². The molecular formula is C29H32N4O7S. The van der Waals surface area contributed by atoms with E-state index in [0.717, 1.165) is 5.56 Å². The number of ketones is 2. The van der Waals surface area contributed by atoms with Crippen LogP contribution in [0.25, 0.3) is 0 Å². The molecule has 2 atom stereocenters. The number of nitrogens with one attached hydrogen (secondary N) is 1. The van der Waals surface area contributed by atoms with Crippen LogP contribution in [0.1, 0.15) is 43.2 Å². The SMILES string of the molecule is CCOC(=O)CN(c1ccc(C(C2=CNC=CC=N2)C2CC(=O)CCC2=O)cc1OCc1ccccc1)S(N)(=O)=O. The fourth-order valence-corrected chi connectivity index (χ4v) is 5.52. The number of allylic oxidation sites excluding steroid dienone is 2. The van der Waals surface area contributed by atoms with Crippen LogP contribution in [0.4, 0.5) is 5.69 Å². The summed E-state index contributed by atoms with van der Waals surface area (Å²) in [5, 5.41) is 8.53. The number of hydrogen-bond acceptors (Lipinski definition) is 9. The second-order valence-electron chi connectivity index (χ2n) is 9.52. The molecule has 0 saturated heterocycles. The molecule has 0 spiro atoms. The van der Waals surface area contributed by atoms with E-state index in [1.807, 2.05) is 30.3 Å². The monoisotopic (exact) mass is 580 g/mol. The molecule has 216 valence electrons. The maximum Gasteiger partial charge on any atom is 0.326 e. The van der Waals surface area contributed by atoms with E-state index in [1.54, 1.807) is 43.7 Å². The molecule has 4 rings (SSSR count). The van der Waals surface area contributed by atoms with Gasteiger partial charge in [0, 0.05) is 49.7 Å². The standard InChI is InChI=1S/C29H32N4O7S/c1-2-39-28(36)18-33(41(30,37)38)25-11-9-21(15-27(25)40-19-20-7-4-3-5-8-20)29(24-17-31-13-6-14-32-24)23-16-22(34)10-12-26(23)35/h3-9,11,13-15,17,23,29,31H,2,10,12,16,18-19H2,1H3,(H2,30,37,38). The summed E-state index contributed by atoms with van der Waals surface area (Å²) in [5.41, 5.74) is 1.91. The second-order valence-corrected chi connectivity index (χ2v) is 11.0.